The van der Waals surface area contributed by atoms with E-state index in [0.29, 0.717) is 5.76 Å². The minimum atomic E-state index is -1.02. The third kappa shape index (κ3) is 4.13. The number of amides is 1. The molecule has 5 nitrogen and oxygen atoms in total. The number of hydrogen-bond donors (Lipinski definition) is 2. The molecule has 2 unspecified atom stereocenters. The molecule has 3 N–H and O–H groups in total. The molecule has 142 valence electrons. The molecular weight excluding hydrogens is 342 g/mol. The summed E-state index contributed by atoms with van der Waals surface area (Å²) in [5.41, 5.74) is 9.92. The fourth-order valence-corrected chi connectivity index (χ4v) is 4.35. The molecule has 2 aliphatic rings. The quantitative estimate of drug-likeness (QED) is 0.737. The number of nitrogens with two attached hydrogens (primary N) is 1. The predicted octanol–water partition coefficient (Wildman–Crippen LogP) is 3.37. The van der Waals surface area contributed by atoms with Gasteiger partial charge in [-0.1, -0.05) is 48.9 Å². The first-order chi connectivity index (χ1) is 13.0. The maximum atomic E-state index is 11.7. The van der Waals surface area contributed by atoms with Gasteiger partial charge in [-0.15, -0.1) is 0 Å². The number of primary amides is 1. The van der Waals surface area contributed by atoms with Crippen LogP contribution in [0.4, 0.5) is 0 Å². The van der Waals surface area contributed by atoms with Gasteiger partial charge in [0, 0.05) is 5.57 Å². The second-order valence-electron chi connectivity index (χ2n) is 7.00. The number of carboxylic acid groups (broad SMARTS) is 1. The molecule has 0 saturated carbocycles. The lowest BCUT2D eigenvalue weighted by Crippen LogP contribution is -2.19. The van der Waals surface area contributed by atoms with Gasteiger partial charge in [0.2, 0.25) is 5.91 Å². The second kappa shape index (κ2) is 8.25. The van der Waals surface area contributed by atoms with Crippen molar-refractivity contribution in [1.29, 1.82) is 0 Å². The average molecular weight is 367 g/mol. The molecule has 0 bridgehead atoms. The Bertz CT molecular complexity index is 820. The standard InChI is InChI=1S/C22H25NO4/c1-2-15-17(11-14-7-4-3-5-8-14)16-9-6-10-19(27-13-21(25)26)22(16)18(15)12-20(23)24/h3-8,10,16-17H,2,9,11-13H2,1H3,(H2,23,24)(H,25,26). The topological polar surface area (TPSA) is 89.6 Å². The fourth-order valence-electron chi connectivity index (χ4n) is 4.35. The Morgan fingerprint density at radius 3 is 2.63 bits per heavy atom. The summed E-state index contributed by atoms with van der Waals surface area (Å²) in [5, 5.41) is 8.98. The van der Waals surface area contributed by atoms with Gasteiger partial charge in [0.25, 0.3) is 0 Å². The van der Waals surface area contributed by atoms with Crippen LogP contribution in [0.15, 0.2) is 65.0 Å². The normalized spacial score (nSPS) is 21.4. The molecule has 0 saturated heterocycles. The monoisotopic (exact) mass is 367 g/mol. The summed E-state index contributed by atoms with van der Waals surface area (Å²) in [7, 11) is 0. The Labute approximate surface area is 159 Å². The maximum Gasteiger partial charge on any atom is 0.341 e. The number of allylic oxidation sites excluding steroid dienone is 4. The van der Waals surface area contributed by atoms with Crippen LogP contribution < -0.4 is 5.73 Å². The van der Waals surface area contributed by atoms with Crippen LogP contribution in [0.1, 0.15) is 31.7 Å². The summed E-state index contributed by atoms with van der Waals surface area (Å²) in [6.07, 6.45) is 6.57. The SMILES string of the molecule is CCC1=C(CC(N)=O)C2=C(OCC(=O)O)C=CCC2C1Cc1ccccc1. The van der Waals surface area contributed by atoms with Crippen molar-refractivity contribution in [2.45, 2.75) is 32.6 Å². The average Bonchev–Trinajstić information content (AvgIpc) is 2.93. The van der Waals surface area contributed by atoms with Crippen LogP contribution in [0, 0.1) is 11.8 Å². The van der Waals surface area contributed by atoms with E-state index < -0.39 is 12.6 Å². The van der Waals surface area contributed by atoms with Crippen LogP contribution in [-0.2, 0) is 20.7 Å². The molecule has 2 atom stereocenters. The second-order valence-corrected chi connectivity index (χ2v) is 7.00. The largest absolute Gasteiger partial charge is 0.482 e. The molecule has 2 aliphatic carbocycles. The van der Waals surface area contributed by atoms with Crippen LogP contribution in [0.25, 0.3) is 0 Å². The van der Waals surface area contributed by atoms with Gasteiger partial charge in [-0.05, 0) is 48.3 Å². The van der Waals surface area contributed by atoms with E-state index in [2.05, 4.69) is 19.1 Å². The van der Waals surface area contributed by atoms with Crippen molar-refractivity contribution in [3.63, 3.8) is 0 Å². The van der Waals surface area contributed by atoms with E-state index >= 15 is 0 Å². The minimum Gasteiger partial charge on any atom is -0.482 e. The van der Waals surface area contributed by atoms with Crippen LogP contribution in [-0.4, -0.2) is 23.6 Å². The van der Waals surface area contributed by atoms with Crippen LogP contribution in [0.3, 0.4) is 0 Å². The molecule has 1 aromatic rings. The number of benzene rings is 1. The van der Waals surface area contributed by atoms with Gasteiger partial charge in [-0.25, -0.2) is 4.79 Å². The van der Waals surface area contributed by atoms with Gasteiger partial charge >= 0.3 is 5.97 Å². The molecule has 0 spiro atoms. The Kier molecular flexibility index (Phi) is 5.79. The van der Waals surface area contributed by atoms with E-state index in [1.54, 1.807) is 0 Å². The molecule has 0 aliphatic heterocycles. The zero-order valence-electron chi connectivity index (χ0n) is 15.5. The number of carbonyl (C=O) groups excluding carboxylic acids is 1. The molecule has 0 aromatic heterocycles. The Morgan fingerprint density at radius 1 is 1.26 bits per heavy atom. The van der Waals surface area contributed by atoms with Gasteiger partial charge in [0.05, 0.1) is 6.42 Å². The van der Waals surface area contributed by atoms with Gasteiger partial charge < -0.3 is 15.6 Å². The fraction of sp³-hybridized carbons (Fsp3) is 0.364. The van der Waals surface area contributed by atoms with E-state index in [1.807, 2.05) is 30.4 Å². The van der Waals surface area contributed by atoms with Gasteiger partial charge in [0.1, 0.15) is 5.76 Å². The van der Waals surface area contributed by atoms with E-state index in [9.17, 15) is 9.59 Å². The van der Waals surface area contributed by atoms with Crippen LogP contribution in [0.2, 0.25) is 0 Å². The van der Waals surface area contributed by atoms with Gasteiger partial charge in [0.15, 0.2) is 6.61 Å². The first-order valence-electron chi connectivity index (χ1n) is 9.31. The number of aliphatic carboxylic acids is 1. The number of ether oxygens (including phenoxy) is 1. The van der Waals surface area contributed by atoms with E-state index in [0.717, 1.165) is 30.4 Å². The van der Waals surface area contributed by atoms with E-state index in [-0.39, 0.29) is 24.2 Å². The Balaban J connectivity index is 2.03. The van der Waals surface area contributed by atoms with E-state index in [4.69, 9.17) is 15.6 Å². The van der Waals surface area contributed by atoms with Crippen molar-refractivity contribution < 1.29 is 19.4 Å². The van der Waals surface area contributed by atoms with Gasteiger partial charge in [-0.2, -0.15) is 0 Å². The highest BCUT2D eigenvalue weighted by Crippen LogP contribution is 2.50. The molecule has 27 heavy (non-hydrogen) atoms. The highest BCUT2D eigenvalue weighted by molar-refractivity contribution is 5.79. The summed E-state index contributed by atoms with van der Waals surface area (Å²) >= 11 is 0. The van der Waals surface area contributed by atoms with Crippen LogP contribution >= 0.6 is 0 Å². The lowest BCUT2D eigenvalue weighted by Gasteiger charge is -2.26. The molecule has 1 aromatic carbocycles. The zero-order chi connectivity index (χ0) is 19.4. The highest BCUT2D eigenvalue weighted by atomic mass is 16.5. The van der Waals surface area contributed by atoms with Crippen LogP contribution in [0.5, 0.6) is 0 Å². The molecule has 0 heterocycles. The third-order valence-corrected chi connectivity index (χ3v) is 5.32. The summed E-state index contributed by atoms with van der Waals surface area (Å²) in [6.45, 7) is 1.70. The van der Waals surface area contributed by atoms with Crippen molar-refractivity contribution in [2.24, 2.45) is 17.6 Å². The summed E-state index contributed by atoms with van der Waals surface area (Å²) in [6, 6.07) is 10.3. The zero-order valence-corrected chi connectivity index (χ0v) is 15.5. The van der Waals surface area contributed by atoms with Crippen molar-refractivity contribution in [2.75, 3.05) is 6.61 Å². The molecule has 0 radical (unpaired) electrons. The molecular formula is C22H25NO4. The summed E-state index contributed by atoms with van der Waals surface area (Å²) < 4.78 is 5.57. The number of carboxylic acids is 1. The Morgan fingerprint density at radius 2 is 2.00 bits per heavy atom. The molecule has 3 rings (SSSR count). The van der Waals surface area contributed by atoms with Crippen molar-refractivity contribution >= 4 is 11.9 Å². The summed E-state index contributed by atoms with van der Waals surface area (Å²) in [4.78, 5) is 22.7. The maximum absolute atomic E-state index is 11.7. The molecule has 5 heteroatoms. The number of fused-ring (bicyclic) bond motifs is 1. The molecule has 0 fully saturated rings. The first kappa shape index (κ1) is 19.0. The van der Waals surface area contributed by atoms with Crippen molar-refractivity contribution in [3.05, 3.63) is 70.5 Å². The molecule has 1 amide bonds. The van der Waals surface area contributed by atoms with Crippen molar-refractivity contribution in [1.82, 2.24) is 0 Å². The highest BCUT2D eigenvalue weighted by Gasteiger charge is 2.40. The first-order valence-corrected chi connectivity index (χ1v) is 9.31. The predicted molar refractivity (Wildman–Crippen MR) is 103 cm³/mol. The lowest BCUT2D eigenvalue weighted by atomic mass is 9.79. The number of carbonyl (C=O) groups is 2. The van der Waals surface area contributed by atoms with E-state index in [1.165, 1.54) is 11.1 Å². The van der Waals surface area contributed by atoms with Crippen molar-refractivity contribution in [3.8, 4) is 0 Å². The smallest absolute Gasteiger partial charge is 0.341 e. The minimum absolute atomic E-state index is 0.161. The number of hydrogen-bond acceptors (Lipinski definition) is 3. The van der Waals surface area contributed by atoms with Gasteiger partial charge in [-0.3, -0.25) is 4.79 Å². The summed E-state index contributed by atoms with van der Waals surface area (Å²) in [5.74, 6) is -0.395. The Hall–Kier alpha value is -2.82. The lowest BCUT2D eigenvalue weighted by molar-refractivity contribution is -0.140. The third-order valence-electron chi connectivity index (χ3n) is 5.32. The number of rotatable bonds is 8.